The van der Waals surface area contributed by atoms with Crippen LogP contribution in [-0.4, -0.2) is 44.7 Å². The van der Waals surface area contributed by atoms with Gasteiger partial charge in [0, 0.05) is 37.0 Å². The maximum absolute atomic E-state index is 9.96. The number of hydrogen-bond acceptors (Lipinski definition) is 6. The number of phenols is 1. The summed E-state index contributed by atoms with van der Waals surface area (Å²) in [4.78, 5) is 4.62. The standard InChI is InChI=1S/C19H23N5O2/c1-14-18(15(2)26-21-14)12-24-11-17(9-20-24)23-8-7-22(13-23)10-16-5-3-4-6-19(16)25/h3-6,9,11,25H,7-8,10,12-13H2,1-2H3. The van der Waals surface area contributed by atoms with E-state index in [-0.39, 0.29) is 0 Å². The highest BCUT2D eigenvalue weighted by Crippen LogP contribution is 2.23. The van der Waals surface area contributed by atoms with Gasteiger partial charge in [0.15, 0.2) is 0 Å². The van der Waals surface area contributed by atoms with Crippen LogP contribution in [0.3, 0.4) is 0 Å². The van der Waals surface area contributed by atoms with Crippen LogP contribution in [0.2, 0.25) is 0 Å². The number of aromatic nitrogens is 3. The molecule has 1 N–H and O–H groups in total. The van der Waals surface area contributed by atoms with E-state index < -0.39 is 0 Å². The van der Waals surface area contributed by atoms with Crippen molar-refractivity contribution in [3.05, 3.63) is 59.2 Å². The van der Waals surface area contributed by atoms with Crippen LogP contribution in [0, 0.1) is 13.8 Å². The van der Waals surface area contributed by atoms with Crippen molar-refractivity contribution in [2.75, 3.05) is 24.7 Å². The molecule has 2 aromatic heterocycles. The van der Waals surface area contributed by atoms with Gasteiger partial charge in [0.25, 0.3) is 0 Å². The van der Waals surface area contributed by atoms with Crippen LogP contribution in [0.1, 0.15) is 22.6 Å². The van der Waals surface area contributed by atoms with E-state index in [0.29, 0.717) is 12.3 Å². The summed E-state index contributed by atoms with van der Waals surface area (Å²) < 4.78 is 7.15. The second kappa shape index (κ2) is 6.84. The van der Waals surface area contributed by atoms with E-state index >= 15 is 0 Å². The summed E-state index contributed by atoms with van der Waals surface area (Å²) in [6.45, 7) is 8.02. The molecule has 1 aliphatic heterocycles. The van der Waals surface area contributed by atoms with Crippen LogP contribution >= 0.6 is 0 Å². The number of benzene rings is 1. The molecule has 0 amide bonds. The van der Waals surface area contributed by atoms with Gasteiger partial charge in [-0.15, -0.1) is 0 Å². The maximum Gasteiger partial charge on any atom is 0.138 e. The molecule has 0 radical (unpaired) electrons. The second-order valence-corrected chi connectivity index (χ2v) is 6.78. The summed E-state index contributed by atoms with van der Waals surface area (Å²) in [5, 5.41) is 18.4. The minimum absolute atomic E-state index is 0.359. The monoisotopic (exact) mass is 353 g/mol. The Morgan fingerprint density at radius 1 is 1.15 bits per heavy atom. The number of hydrogen-bond donors (Lipinski definition) is 1. The van der Waals surface area contributed by atoms with Crippen LogP contribution < -0.4 is 4.90 Å². The molecule has 0 aliphatic carbocycles. The Kier molecular flexibility index (Phi) is 4.38. The minimum atomic E-state index is 0.359. The molecule has 7 nitrogen and oxygen atoms in total. The molecule has 4 rings (SSSR count). The van der Waals surface area contributed by atoms with E-state index in [9.17, 15) is 5.11 Å². The van der Waals surface area contributed by atoms with Gasteiger partial charge in [-0.3, -0.25) is 9.58 Å². The van der Waals surface area contributed by atoms with Crippen molar-refractivity contribution in [2.45, 2.75) is 26.9 Å². The number of para-hydroxylation sites is 1. The third-order valence-corrected chi connectivity index (χ3v) is 4.93. The Balaban J connectivity index is 1.40. The first-order valence-electron chi connectivity index (χ1n) is 8.78. The molecule has 0 spiro atoms. The van der Waals surface area contributed by atoms with E-state index in [1.165, 1.54) is 0 Å². The van der Waals surface area contributed by atoms with Gasteiger partial charge in [-0.25, -0.2) is 0 Å². The van der Waals surface area contributed by atoms with E-state index in [0.717, 1.165) is 54.6 Å². The molecule has 7 heteroatoms. The fourth-order valence-electron chi connectivity index (χ4n) is 3.36. The first-order valence-corrected chi connectivity index (χ1v) is 8.78. The number of aryl methyl sites for hydroxylation is 2. The predicted molar refractivity (Wildman–Crippen MR) is 98.0 cm³/mol. The Bertz CT molecular complexity index is 881. The number of aromatic hydroxyl groups is 1. The fourth-order valence-corrected chi connectivity index (χ4v) is 3.36. The third-order valence-electron chi connectivity index (χ3n) is 4.93. The predicted octanol–water partition coefficient (Wildman–Crippen LogP) is 2.52. The molecular weight excluding hydrogens is 330 g/mol. The molecule has 1 aromatic carbocycles. The molecule has 26 heavy (non-hydrogen) atoms. The molecule has 1 fully saturated rings. The van der Waals surface area contributed by atoms with Crippen LogP contribution in [0.25, 0.3) is 0 Å². The summed E-state index contributed by atoms with van der Waals surface area (Å²) in [5.74, 6) is 1.20. The topological polar surface area (TPSA) is 70.6 Å². The van der Waals surface area contributed by atoms with E-state index in [1.807, 2.05) is 42.9 Å². The molecule has 0 saturated carbocycles. The van der Waals surface area contributed by atoms with Crippen molar-refractivity contribution in [3.63, 3.8) is 0 Å². The summed E-state index contributed by atoms with van der Waals surface area (Å²) in [7, 11) is 0. The SMILES string of the molecule is Cc1noc(C)c1Cn1cc(N2CCN(Cc3ccccc3O)C2)cn1. The fraction of sp³-hybridized carbons (Fsp3) is 0.368. The second-order valence-electron chi connectivity index (χ2n) is 6.78. The van der Waals surface area contributed by atoms with Gasteiger partial charge in [0.1, 0.15) is 11.5 Å². The van der Waals surface area contributed by atoms with Gasteiger partial charge in [-0.2, -0.15) is 5.10 Å². The van der Waals surface area contributed by atoms with Gasteiger partial charge in [-0.05, 0) is 19.9 Å². The van der Waals surface area contributed by atoms with Crippen molar-refractivity contribution >= 4 is 5.69 Å². The average Bonchev–Trinajstić information content (AvgIpc) is 3.34. The molecule has 0 bridgehead atoms. The molecule has 0 atom stereocenters. The normalized spacial score (nSPS) is 15.1. The van der Waals surface area contributed by atoms with Crippen LogP contribution in [0.4, 0.5) is 5.69 Å². The highest BCUT2D eigenvalue weighted by Gasteiger charge is 2.22. The molecule has 136 valence electrons. The van der Waals surface area contributed by atoms with Gasteiger partial charge >= 0.3 is 0 Å². The lowest BCUT2D eigenvalue weighted by Gasteiger charge is -2.18. The van der Waals surface area contributed by atoms with Gasteiger partial charge in [-0.1, -0.05) is 23.4 Å². The summed E-state index contributed by atoms with van der Waals surface area (Å²) in [6, 6.07) is 7.52. The first-order chi connectivity index (χ1) is 12.6. The van der Waals surface area contributed by atoms with Gasteiger partial charge < -0.3 is 14.5 Å². The zero-order chi connectivity index (χ0) is 18.1. The quantitative estimate of drug-likeness (QED) is 0.760. The number of nitrogens with zero attached hydrogens (tertiary/aromatic N) is 5. The largest absolute Gasteiger partial charge is 0.508 e. The maximum atomic E-state index is 9.96. The number of anilines is 1. The number of phenolic OH excluding ortho intramolecular Hbond substituents is 1. The highest BCUT2D eigenvalue weighted by atomic mass is 16.5. The van der Waals surface area contributed by atoms with Crippen molar-refractivity contribution in [1.29, 1.82) is 0 Å². The minimum Gasteiger partial charge on any atom is -0.508 e. The molecular formula is C19H23N5O2. The van der Waals surface area contributed by atoms with Crippen LogP contribution in [-0.2, 0) is 13.1 Å². The Labute approximate surface area is 152 Å². The lowest BCUT2D eigenvalue weighted by molar-refractivity contribution is 0.326. The van der Waals surface area contributed by atoms with Gasteiger partial charge in [0.2, 0.25) is 0 Å². The third kappa shape index (κ3) is 3.30. The van der Waals surface area contributed by atoms with E-state index in [4.69, 9.17) is 4.52 Å². The van der Waals surface area contributed by atoms with Crippen molar-refractivity contribution in [2.24, 2.45) is 0 Å². The Morgan fingerprint density at radius 3 is 2.77 bits per heavy atom. The van der Waals surface area contributed by atoms with Crippen molar-refractivity contribution in [3.8, 4) is 5.75 Å². The van der Waals surface area contributed by atoms with E-state index in [1.54, 1.807) is 6.07 Å². The summed E-state index contributed by atoms with van der Waals surface area (Å²) in [6.07, 6.45) is 3.97. The molecule has 1 aliphatic rings. The van der Waals surface area contributed by atoms with E-state index in [2.05, 4.69) is 26.3 Å². The van der Waals surface area contributed by atoms with Crippen LogP contribution in [0.5, 0.6) is 5.75 Å². The lowest BCUT2D eigenvalue weighted by Crippen LogP contribution is -2.24. The van der Waals surface area contributed by atoms with Crippen LogP contribution in [0.15, 0.2) is 41.2 Å². The summed E-state index contributed by atoms with van der Waals surface area (Å²) in [5.41, 5.74) is 4.07. The number of rotatable bonds is 5. The zero-order valence-electron chi connectivity index (χ0n) is 15.1. The molecule has 1 saturated heterocycles. The zero-order valence-corrected chi connectivity index (χ0v) is 15.1. The lowest BCUT2D eigenvalue weighted by atomic mass is 10.2. The molecule has 3 heterocycles. The average molecular weight is 353 g/mol. The van der Waals surface area contributed by atoms with Crippen molar-refractivity contribution < 1.29 is 9.63 Å². The van der Waals surface area contributed by atoms with Gasteiger partial charge in [0.05, 0.1) is 30.8 Å². The first kappa shape index (κ1) is 16.7. The Morgan fingerprint density at radius 2 is 2.00 bits per heavy atom. The smallest absolute Gasteiger partial charge is 0.138 e. The highest BCUT2D eigenvalue weighted by molar-refractivity contribution is 5.43. The molecule has 0 unspecified atom stereocenters. The summed E-state index contributed by atoms with van der Waals surface area (Å²) >= 11 is 0. The molecule has 3 aromatic rings. The Hall–Kier alpha value is -2.80. The van der Waals surface area contributed by atoms with Crippen molar-refractivity contribution in [1.82, 2.24) is 19.8 Å².